The summed E-state index contributed by atoms with van der Waals surface area (Å²) < 4.78 is 27.9. The van der Waals surface area contributed by atoms with Crippen LogP contribution in [0, 0.1) is 0 Å². The van der Waals surface area contributed by atoms with Gasteiger partial charge in [0.1, 0.15) is 5.03 Å². The third-order valence-corrected chi connectivity index (χ3v) is 8.09. The Hall–Kier alpha value is -2.10. The molecule has 1 fully saturated rings. The molecule has 0 spiro atoms. The Kier molecular flexibility index (Phi) is 7.96. The van der Waals surface area contributed by atoms with Crippen LogP contribution in [0.1, 0.15) is 43.5 Å². The van der Waals surface area contributed by atoms with Gasteiger partial charge in [-0.15, -0.1) is 11.8 Å². The minimum atomic E-state index is -3.61. The molecule has 2 aromatic rings. The van der Waals surface area contributed by atoms with Crippen LogP contribution in [-0.4, -0.2) is 56.0 Å². The highest BCUT2D eigenvalue weighted by molar-refractivity contribution is 7.98. The first-order chi connectivity index (χ1) is 14.9. The van der Waals surface area contributed by atoms with Gasteiger partial charge in [-0.2, -0.15) is 4.31 Å². The molecule has 0 bridgehead atoms. The van der Waals surface area contributed by atoms with Gasteiger partial charge in [0.05, 0.1) is 21.8 Å². The SMILES string of the molecule is CCN(CC)c1ccc(S(=O)(=O)N2CCCCC2)cc1NC(=O)c1cccnc1SC. The van der Waals surface area contributed by atoms with Gasteiger partial charge < -0.3 is 10.2 Å². The quantitative estimate of drug-likeness (QED) is 0.596. The average Bonchev–Trinajstić information content (AvgIpc) is 2.81. The number of hydrogen-bond acceptors (Lipinski definition) is 6. The monoisotopic (exact) mass is 462 g/mol. The molecule has 1 aliphatic heterocycles. The van der Waals surface area contributed by atoms with E-state index >= 15 is 0 Å². The Bertz CT molecular complexity index is 1020. The molecule has 31 heavy (non-hydrogen) atoms. The van der Waals surface area contributed by atoms with E-state index in [1.54, 1.807) is 40.8 Å². The highest BCUT2D eigenvalue weighted by atomic mass is 32.2. The van der Waals surface area contributed by atoms with Crippen molar-refractivity contribution in [2.45, 2.75) is 43.0 Å². The van der Waals surface area contributed by atoms with Crippen LogP contribution in [-0.2, 0) is 10.0 Å². The molecule has 1 aromatic carbocycles. The van der Waals surface area contributed by atoms with Gasteiger partial charge in [-0.1, -0.05) is 6.42 Å². The lowest BCUT2D eigenvalue weighted by Crippen LogP contribution is -2.35. The number of nitrogens with zero attached hydrogens (tertiary/aromatic N) is 3. The molecule has 3 rings (SSSR count). The first kappa shape index (κ1) is 23.6. The summed E-state index contributed by atoms with van der Waals surface area (Å²) in [5, 5.41) is 3.58. The normalized spacial score (nSPS) is 14.9. The van der Waals surface area contributed by atoms with Gasteiger partial charge in [0.25, 0.3) is 5.91 Å². The van der Waals surface area contributed by atoms with Gasteiger partial charge >= 0.3 is 0 Å². The fourth-order valence-corrected chi connectivity index (χ4v) is 5.88. The van der Waals surface area contributed by atoms with E-state index in [-0.39, 0.29) is 10.8 Å². The summed E-state index contributed by atoms with van der Waals surface area (Å²) in [6.07, 6.45) is 6.32. The molecule has 1 amide bonds. The zero-order valence-corrected chi connectivity index (χ0v) is 19.9. The zero-order valence-electron chi connectivity index (χ0n) is 18.3. The highest BCUT2D eigenvalue weighted by Gasteiger charge is 2.27. The van der Waals surface area contributed by atoms with Crippen LogP contribution < -0.4 is 10.2 Å². The minimum absolute atomic E-state index is 0.205. The smallest absolute Gasteiger partial charge is 0.258 e. The van der Waals surface area contributed by atoms with Gasteiger partial charge in [-0.25, -0.2) is 13.4 Å². The van der Waals surface area contributed by atoms with Crippen LogP contribution in [0.4, 0.5) is 11.4 Å². The van der Waals surface area contributed by atoms with Gasteiger partial charge in [-0.3, -0.25) is 4.79 Å². The van der Waals surface area contributed by atoms with Crippen LogP contribution in [0.15, 0.2) is 46.5 Å². The first-order valence-corrected chi connectivity index (χ1v) is 13.3. The average molecular weight is 463 g/mol. The molecule has 1 aromatic heterocycles. The number of anilines is 2. The summed E-state index contributed by atoms with van der Waals surface area (Å²) in [4.78, 5) is 19.6. The third-order valence-electron chi connectivity index (χ3n) is 5.48. The first-order valence-electron chi connectivity index (χ1n) is 10.6. The lowest BCUT2D eigenvalue weighted by atomic mass is 10.2. The lowest BCUT2D eigenvalue weighted by Gasteiger charge is -2.28. The molecule has 1 N–H and O–H groups in total. The number of rotatable bonds is 8. The van der Waals surface area contributed by atoms with Crippen LogP contribution in [0.2, 0.25) is 0 Å². The number of amides is 1. The largest absolute Gasteiger partial charge is 0.370 e. The molecule has 1 aliphatic rings. The molecule has 1 saturated heterocycles. The van der Waals surface area contributed by atoms with Crippen molar-refractivity contribution in [3.63, 3.8) is 0 Å². The Labute approximate surface area is 189 Å². The number of sulfonamides is 1. The Morgan fingerprint density at radius 1 is 1.16 bits per heavy atom. The summed E-state index contributed by atoms with van der Waals surface area (Å²) in [7, 11) is -3.61. The number of aromatic nitrogens is 1. The number of thioether (sulfide) groups is 1. The van der Waals surface area contributed by atoms with E-state index in [0.717, 1.165) is 38.0 Å². The number of pyridine rings is 1. The van der Waals surface area contributed by atoms with Gasteiger partial charge in [0.15, 0.2) is 0 Å². The summed E-state index contributed by atoms with van der Waals surface area (Å²) >= 11 is 1.40. The number of hydrogen-bond donors (Lipinski definition) is 1. The summed E-state index contributed by atoms with van der Waals surface area (Å²) in [6, 6.07) is 8.46. The molecular formula is C22H30N4O3S2. The molecule has 0 radical (unpaired) electrons. The van der Waals surface area contributed by atoms with Gasteiger partial charge in [0, 0.05) is 32.4 Å². The van der Waals surface area contributed by atoms with Crippen LogP contribution >= 0.6 is 11.8 Å². The van der Waals surface area contributed by atoms with Gasteiger partial charge in [0.2, 0.25) is 10.0 Å². The van der Waals surface area contributed by atoms with Crippen molar-refractivity contribution in [2.75, 3.05) is 42.7 Å². The van der Waals surface area contributed by atoms with E-state index < -0.39 is 10.0 Å². The second kappa shape index (κ2) is 10.5. The molecule has 0 saturated carbocycles. The van der Waals surface area contributed by atoms with E-state index in [1.807, 2.05) is 20.1 Å². The number of piperidine rings is 1. The maximum atomic E-state index is 13.2. The number of nitrogens with one attached hydrogen (secondary N) is 1. The van der Waals surface area contributed by atoms with E-state index in [2.05, 4.69) is 15.2 Å². The predicted molar refractivity (Wildman–Crippen MR) is 127 cm³/mol. The van der Waals surface area contributed by atoms with Crippen molar-refractivity contribution < 1.29 is 13.2 Å². The van der Waals surface area contributed by atoms with Crippen molar-refractivity contribution in [2.24, 2.45) is 0 Å². The molecular weight excluding hydrogens is 432 g/mol. The summed E-state index contributed by atoms with van der Waals surface area (Å²) in [6.45, 7) is 6.60. The minimum Gasteiger partial charge on any atom is -0.370 e. The van der Waals surface area contributed by atoms with Crippen LogP contribution in [0.25, 0.3) is 0 Å². The number of carbonyl (C=O) groups excluding carboxylic acids is 1. The molecule has 0 aliphatic carbocycles. The van der Waals surface area contributed by atoms with Crippen LogP contribution in [0.5, 0.6) is 0 Å². The number of carbonyl (C=O) groups is 1. The molecule has 0 atom stereocenters. The molecule has 9 heteroatoms. The Morgan fingerprint density at radius 3 is 2.52 bits per heavy atom. The Morgan fingerprint density at radius 2 is 1.87 bits per heavy atom. The summed E-state index contributed by atoms with van der Waals surface area (Å²) in [5.41, 5.74) is 1.75. The fraction of sp³-hybridized carbons (Fsp3) is 0.455. The van der Waals surface area contributed by atoms with Crippen molar-refractivity contribution in [1.29, 1.82) is 0 Å². The Balaban J connectivity index is 2.01. The van der Waals surface area contributed by atoms with Gasteiger partial charge in [-0.05, 0) is 63.3 Å². The molecule has 0 unspecified atom stereocenters. The van der Waals surface area contributed by atoms with Crippen molar-refractivity contribution >= 4 is 39.1 Å². The van der Waals surface area contributed by atoms with Crippen LogP contribution in [0.3, 0.4) is 0 Å². The molecule has 7 nitrogen and oxygen atoms in total. The third kappa shape index (κ3) is 5.22. The second-order valence-electron chi connectivity index (χ2n) is 7.33. The highest BCUT2D eigenvalue weighted by Crippen LogP contribution is 2.32. The van der Waals surface area contributed by atoms with Crippen molar-refractivity contribution in [3.8, 4) is 0 Å². The summed E-state index contributed by atoms with van der Waals surface area (Å²) in [5.74, 6) is -0.307. The lowest BCUT2D eigenvalue weighted by molar-refractivity contribution is 0.102. The topological polar surface area (TPSA) is 82.6 Å². The second-order valence-corrected chi connectivity index (χ2v) is 10.1. The van der Waals surface area contributed by atoms with Crippen molar-refractivity contribution in [3.05, 3.63) is 42.1 Å². The van der Waals surface area contributed by atoms with E-state index in [1.165, 1.54) is 11.8 Å². The van der Waals surface area contributed by atoms with E-state index in [0.29, 0.717) is 29.4 Å². The molecule has 168 valence electrons. The standard InChI is InChI=1S/C22H30N4O3S2/c1-4-25(5-2)20-12-11-17(31(28,29)26-14-7-6-8-15-26)16-19(20)24-21(27)18-10-9-13-23-22(18)30-3/h9-13,16H,4-8,14-15H2,1-3H3,(H,24,27). The van der Waals surface area contributed by atoms with E-state index in [9.17, 15) is 13.2 Å². The molecule has 2 heterocycles. The zero-order chi connectivity index (χ0) is 22.4. The fourth-order valence-electron chi connectivity index (χ4n) is 3.79. The maximum absolute atomic E-state index is 13.2. The number of benzene rings is 1. The predicted octanol–water partition coefficient (Wildman–Crippen LogP) is 4.08. The maximum Gasteiger partial charge on any atom is 0.258 e. The van der Waals surface area contributed by atoms with E-state index in [4.69, 9.17) is 0 Å². The van der Waals surface area contributed by atoms with Crippen molar-refractivity contribution in [1.82, 2.24) is 9.29 Å².